The third kappa shape index (κ3) is 4.26. The largest absolute Gasteiger partial charge is 0.341 e. The molecule has 1 fully saturated rings. The summed E-state index contributed by atoms with van der Waals surface area (Å²) in [6.07, 6.45) is 1.54. The number of thiophene rings is 1. The molecule has 1 aromatic carbocycles. The number of nitrogens with zero attached hydrogens (tertiary/aromatic N) is 3. The molecule has 2 aromatic heterocycles. The average Bonchev–Trinajstić information content (AvgIpc) is 2.85. The zero-order valence-corrected chi connectivity index (χ0v) is 17.5. The third-order valence-electron chi connectivity index (χ3n) is 5.53. The number of aryl methyl sites for hydroxylation is 2. The number of pyridine rings is 1. The van der Waals surface area contributed by atoms with Crippen LogP contribution in [0.5, 0.6) is 0 Å². The first-order valence-electron chi connectivity index (χ1n) is 10.00. The summed E-state index contributed by atoms with van der Waals surface area (Å²) in [4.78, 5) is 23.2. The zero-order chi connectivity index (χ0) is 19.5. The van der Waals surface area contributed by atoms with Crippen LogP contribution < -0.4 is 0 Å². The van der Waals surface area contributed by atoms with Crippen LogP contribution in [0, 0.1) is 13.8 Å². The number of hydrogen-bond donors (Lipinski definition) is 0. The van der Waals surface area contributed by atoms with E-state index in [4.69, 9.17) is 0 Å². The highest BCUT2D eigenvalue weighted by molar-refractivity contribution is 7.19. The second-order valence-electron chi connectivity index (χ2n) is 7.60. The van der Waals surface area contributed by atoms with E-state index in [9.17, 15) is 4.79 Å². The van der Waals surface area contributed by atoms with Crippen molar-refractivity contribution < 1.29 is 4.79 Å². The van der Waals surface area contributed by atoms with E-state index in [2.05, 4.69) is 53.2 Å². The van der Waals surface area contributed by atoms with Crippen molar-refractivity contribution in [1.82, 2.24) is 14.8 Å². The van der Waals surface area contributed by atoms with E-state index in [0.717, 1.165) is 50.5 Å². The molecule has 5 heteroatoms. The number of carbonyl (C=O) groups excluding carboxylic acids is 1. The van der Waals surface area contributed by atoms with Gasteiger partial charge in [-0.3, -0.25) is 14.7 Å². The van der Waals surface area contributed by atoms with Crippen molar-refractivity contribution in [3.8, 4) is 0 Å². The maximum atomic E-state index is 13.0. The van der Waals surface area contributed by atoms with Crippen LogP contribution in [-0.4, -0.2) is 46.9 Å². The Morgan fingerprint density at radius 2 is 1.89 bits per heavy atom. The molecule has 1 aliphatic rings. The summed E-state index contributed by atoms with van der Waals surface area (Å²) in [5.74, 6) is 0.255. The summed E-state index contributed by atoms with van der Waals surface area (Å²) in [5, 5.41) is 1.28. The van der Waals surface area contributed by atoms with Crippen molar-refractivity contribution in [2.75, 3.05) is 26.2 Å². The van der Waals surface area contributed by atoms with Gasteiger partial charge >= 0.3 is 0 Å². The second-order valence-corrected chi connectivity index (χ2v) is 8.74. The molecule has 1 aliphatic heterocycles. The normalized spacial score (nSPS) is 15.7. The van der Waals surface area contributed by atoms with Crippen molar-refractivity contribution in [3.63, 3.8) is 0 Å². The molecule has 146 valence electrons. The lowest BCUT2D eigenvalue weighted by Crippen LogP contribution is -2.36. The van der Waals surface area contributed by atoms with Gasteiger partial charge in [0.05, 0.1) is 12.1 Å². The van der Waals surface area contributed by atoms with Gasteiger partial charge in [0.2, 0.25) is 5.91 Å². The standard InChI is InChI=1S/C23H27N3OS/c1-17-7-5-8-19(24-17)16-25-11-6-12-26(14-13-25)23(27)15-22-18(2)20-9-3-4-10-21(20)28-22/h3-5,7-10H,6,11-16H2,1-2H3. The van der Waals surface area contributed by atoms with E-state index in [0.29, 0.717) is 6.42 Å². The van der Waals surface area contributed by atoms with E-state index in [-0.39, 0.29) is 5.91 Å². The quantitative estimate of drug-likeness (QED) is 0.667. The number of benzene rings is 1. The Balaban J connectivity index is 1.38. The predicted octanol–water partition coefficient (Wildman–Crippen LogP) is 4.19. The summed E-state index contributed by atoms with van der Waals surface area (Å²) in [5.41, 5.74) is 3.43. The maximum Gasteiger partial charge on any atom is 0.227 e. The highest BCUT2D eigenvalue weighted by Crippen LogP contribution is 2.31. The van der Waals surface area contributed by atoms with Crippen LogP contribution in [0.2, 0.25) is 0 Å². The lowest BCUT2D eigenvalue weighted by molar-refractivity contribution is -0.130. The van der Waals surface area contributed by atoms with Crippen molar-refractivity contribution in [1.29, 1.82) is 0 Å². The SMILES string of the molecule is Cc1cccc(CN2CCCN(C(=O)Cc3sc4ccccc4c3C)CC2)n1. The fourth-order valence-electron chi connectivity index (χ4n) is 3.94. The van der Waals surface area contributed by atoms with Gasteiger partial charge in [-0.1, -0.05) is 24.3 Å². The monoisotopic (exact) mass is 393 g/mol. The molecule has 0 unspecified atom stereocenters. The second kappa shape index (κ2) is 8.41. The summed E-state index contributed by atoms with van der Waals surface area (Å²) < 4.78 is 1.27. The number of rotatable bonds is 4. The smallest absolute Gasteiger partial charge is 0.227 e. The van der Waals surface area contributed by atoms with Gasteiger partial charge in [0.1, 0.15) is 0 Å². The molecule has 0 saturated carbocycles. The van der Waals surface area contributed by atoms with Crippen LogP contribution in [-0.2, 0) is 17.8 Å². The number of carbonyl (C=O) groups is 1. The maximum absolute atomic E-state index is 13.0. The Morgan fingerprint density at radius 1 is 1.04 bits per heavy atom. The van der Waals surface area contributed by atoms with Gasteiger partial charge in [-0.25, -0.2) is 0 Å². The van der Waals surface area contributed by atoms with Crippen LogP contribution in [0.25, 0.3) is 10.1 Å². The van der Waals surface area contributed by atoms with E-state index < -0.39 is 0 Å². The van der Waals surface area contributed by atoms with Gasteiger partial charge < -0.3 is 4.90 Å². The number of amides is 1. The first-order chi connectivity index (χ1) is 13.6. The molecule has 0 atom stereocenters. The molecule has 1 amide bonds. The van der Waals surface area contributed by atoms with E-state index in [1.807, 2.05) is 17.9 Å². The van der Waals surface area contributed by atoms with E-state index in [1.54, 1.807) is 11.3 Å². The summed E-state index contributed by atoms with van der Waals surface area (Å²) in [6.45, 7) is 8.60. The third-order valence-corrected chi connectivity index (χ3v) is 6.80. The van der Waals surface area contributed by atoms with Gasteiger partial charge in [-0.15, -0.1) is 11.3 Å². The molecule has 0 N–H and O–H groups in total. The minimum absolute atomic E-state index is 0.255. The fourth-order valence-corrected chi connectivity index (χ4v) is 5.14. The molecule has 0 radical (unpaired) electrons. The van der Waals surface area contributed by atoms with Crippen molar-refractivity contribution >= 4 is 27.3 Å². The summed E-state index contributed by atoms with van der Waals surface area (Å²) in [7, 11) is 0. The van der Waals surface area contributed by atoms with Crippen molar-refractivity contribution in [2.24, 2.45) is 0 Å². The molecule has 0 aliphatic carbocycles. The van der Waals surface area contributed by atoms with Crippen LogP contribution in [0.4, 0.5) is 0 Å². The Hall–Kier alpha value is -2.24. The lowest BCUT2D eigenvalue weighted by atomic mass is 10.1. The van der Waals surface area contributed by atoms with Crippen LogP contribution in [0.3, 0.4) is 0 Å². The molecule has 1 saturated heterocycles. The van der Waals surface area contributed by atoms with E-state index in [1.165, 1.54) is 20.5 Å². The van der Waals surface area contributed by atoms with Gasteiger partial charge in [-0.05, 0) is 49.4 Å². The molecule has 3 heterocycles. The fraction of sp³-hybridized carbons (Fsp3) is 0.391. The molecular formula is C23H27N3OS. The lowest BCUT2D eigenvalue weighted by Gasteiger charge is -2.22. The van der Waals surface area contributed by atoms with Gasteiger partial charge in [-0.2, -0.15) is 0 Å². The van der Waals surface area contributed by atoms with E-state index >= 15 is 0 Å². The Bertz CT molecular complexity index is 981. The number of fused-ring (bicyclic) bond motifs is 1. The first-order valence-corrected chi connectivity index (χ1v) is 10.8. The van der Waals surface area contributed by atoms with Crippen LogP contribution in [0.1, 0.15) is 28.2 Å². The molecular weight excluding hydrogens is 366 g/mol. The van der Waals surface area contributed by atoms with Crippen molar-refractivity contribution in [3.05, 3.63) is 64.3 Å². The summed E-state index contributed by atoms with van der Waals surface area (Å²) >= 11 is 1.76. The molecule has 0 bridgehead atoms. The zero-order valence-electron chi connectivity index (χ0n) is 16.6. The summed E-state index contributed by atoms with van der Waals surface area (Å²) in [6, 6.07) is 14.6. The van der Waals surface area contributed by atoms with Crippen LogP contribution in [0.15, 0.2) is 42.5 Å². The topological polar surface area (TPSA) is 36.4 Å². The van der Waals surface area contributed by atoms with Crippen LogP contribution >= 0.6 is 11.3 Å². The first kappa shape index (κ1) is 19.1. The number of hydrogen-bond acceptors (Lipinski definition) is 4. The molecule has 0 spiro atoms. The minimum Gasteiger partial charge on any atom is -0.341 e. The molecule has 4 rings (SSSR count). The number of aromatic nitrogens is 1. The Kier molecular flexibility index (Phi) is 5.74. The molecule has 3 aromatic rings. The molecule has 4 nitrogen and oxygen atoms in total. The van der Waals surface area contributed by atoms with Crippen molar-refractivity contribution in [2.45, 2.75) is 33.2 Å². The highest BCUT2D eigenvalue weighted by atomic mass is 32.1. The predicted molar refractivity (Wildman–Crippen MR) is 116 cm³/mol. The minimum atomic E-state index is 0.255. The molecule has 28 heavy (non-hydrogen) atoms. The van der Waals surface area contributed by atoms with Gasteiger partial charge in [0.25, 0.3) is 0 Å². The average molecular weight is 394 g/mol. The van der Waals surface area contributed by atoms with Gasteiger partial charge in [0.15, 0.2) is 0 Å². The highest BCUT2D eigenvalue weighted by Gasteiger charge is 2.21. The Labute approximate surface area is 170 Å². The van der Waals surface area contributed by atoms with Gasteiger partial charge in [0, 0.05) is 48.0 Å². The Morgan fingerprint density at radius 3 is 2.71 bits per heavy atom.